The molecule has 212 valence electrons. The van der Waals surface area contributed by atoms with Crippen molar-refractivity contribution in [2.45, 2.75) is 32.7 Å². The normalized spacial score (nSPS) is 13.6. The molecule has 1 aliphatic heterocycles. The van der Waals surface area contributed by atoms with Crippen LogP contribution in [0.2, 0.25) is 0 Å². The van der Waals surface area contributed by atoms with Crippen LogP contribution in [0.15, 0.2) is 76.3 Å². The number of hydrogen-bond donors (Lipinski definition) is 2. The minimum absolute atomic E-state index is 0.110. The number of aromatic nitrogens is 2. The van der Waals surface area contributed by atoms with E-state index in [-0.39, 0.29) is 11.2 Å². The largest absolute Gasteiger partial charge is 0.495 e. The Labute approximate surface area is 237 Å². The number of Topliss-reactive ketones (excluding diaryl/α,β-unsaturated/α-hetero) is 1. The molecule has 1 aromatic heterocycles. The van der Waals surface area contributed by atoms with Crippen molar-refractivity contribution in [2.24, 2.45) is 0 Å². The quantitative estimate of drug-likeness (QED) is 0.310. The van der Waals surface area contributed by atoms with Crippen molar-refractivity contribution in [2.75, 3.05) is 37.4 Å². The molecule has 0 unspecified atom stereocenters. The van der Waals surface area contributed by atoms with Crippen LogP contribution < -0.4 is 26.6 Å². The van der Waals surface area contributed by atoms with Crippen molar-refractivity contribution < 1.29 is 14.3 Å². The van der Waals surface area contributed by atoms with Crippen LogP contribution in [0.25, 0.3) is 16.6 Å². The zero-order valence-corrected chi connectivity index (χ0v) is 23.2. The number of anilines is 2. The second-order valence-corrected chi connectivity index (χ2v) is 10.1. The number of ether oxygens (including phenoxy) is 1. The molecule has 2 heterocycles. The van der Waals surface area contributed by atoms with E-state index in [2.05, 4.69) is 15.5 Å². The molecule has 1 fully saturated rings. The number of nitrogens with one attached hydrogen (secondary N) is 2. The second kappa shape index (κ2) is 12.2. The lowest BCUT2D eigenvalue weighted by atomic mass is 10.1. The van der Waals surface area contributed by atoms with Gasteiger partial charge in [0.15, 0.2) is 5.78 Å². The minimum atomic E-state index is -0.534. The molecule has 3 aromatic carbocycles. The number of amides is 2. The minimum Gasteiger partial charge on any atom is -0.495 e. The van der Waals surface area contributed by atoms with E-state index in [4.69, 9.17) is 4.74 Å². The van der Waals surface area contributed by atoms with Gasteiger partial charge in [-0.2, -0.15) is 0 Å². The Bertz CT molecular complexity index is 1720. The maximum absolute atomic E-state index is 13.8. The van der Waals surface area contributed by atoms with Crippen LogP contribution >= 0.6 is 0 Å². The van der Waals surface area contributed by atoms with Gasteiger partial charge in [0.25, 0.3) is 5.56 Å². The molecular formula is C31H33N5O5. The predicted molar refractivity (Wildman–Crippen MR) is 160 cm³/mol. The molecule has 1 aliphatic rings. The van der Waals surface area contributed by atoms with Crippen molar-refractivity contribution in [3.05, 3.63) is 93.1 Å². The van der Waals surface area contributed by atoms with Crippen molar-refractivity contribution >= 4 is 34.1 Å². The number of benzene rings is 3. The van der Waals surface area contributed by atoms with Gasteiger partial charge >= 0.3 is 11.7 Å². The Morgan fingerprint density at radius 2 is 1.59 bits per heavy atom. The molecule has 4 aromatic rings. The number of nitrogens with zero attached hydrogens (tertiary/aromatic N) is 3. The Hall–Kier alpha value is -4.70. The first-order chi connectivity index (χ1) is 19.9. The first kappa shape index (κ1) is 27.9. The first-order valence-electron chi connectivity index (χ1n) is 13.7. The maximum atomic E-state index is 13.8. The highest BCUT2D eigenvalue weighted by atomic mass is 16.5. The van der Waals surface area contributed by atoms with Gasteiger partial charge in [0, 0.05) is 30.0 Å². The number of rotatable bonds is 8. The fourth-order valence-electron chi connectivity index (χ4n) is 5.23. The maximum Gasteiger partial charge on any atom is 0.336 e. The average Bonchev–Trinajstić information content (AvgIpc) is 2.98. The number of methoxy groups -OCH3 is 1. The fourth-order valence-corrected chi connectivity index (χ4v) is 5.23. The summed E-state index contributed by atoms with van der Waals surface area (Å²) in [6.45, 7) is 4.51. The average molecular weight is 556 g/mol. The smallest absolute Gasteiger partial charge is 0.336 e. The molecule has 2 N–H and O–H groups in total. The van der Waals surface area contributed by atoms with Crippen molar-refractivity contribution in [3.63, 3.8) is 0 Å². The number of piperidine rings is 1. The summed E-state index contributed by atoms with van der Waals surface area (Å²) in [7, 11) is 1.49. The predicted octanol–water partition coefficient (Wildman–Crippen LogP) is 4.49. The number of urea groups is 1. The summed E-state index contributed by atoms with van der Waals surface area (Å²) in [6.07, 6.45) is 3.47. The van der Waals surface area contributed by atoms with Gasteiger partial charge in [-0.15, -0.1) is 0 Å². The number of carbonyl (C=O) groups excluding carboxylic acids is 2. The Kier molecular flexibility index (Phi) is 8.30. The Morgan fingerprint density at radius 1 is 0.854 bits per heavy atom. The zero-order chi connectivity index (χ0) is 28.9. The highest BCUT2D eigenvalue weighted by molar-refractivity contribution is 6.02. The third-order valence-corrected chi connectivity index (χ3v) is 7.34. The van der Waals surface area contributed by atoms with E-state index >= 15 is 0 Å². The molecule has 1 saturated heterocycles. The van der Waals surface area contributed by atoms with Gasteiger partial charge in [-0.1, -0.05) is 30.7 Å². The van der Waals surface area contributed by atoms with Crippen LogP contribution in [0.3, 0.4) is 0 Å². The summed E-state index contributed by atoms with van der Waals surface area (Å²) in [5.74, 6) is 0.288. The van der Waals surface area contributed by atoms with Gasteiger partial charge in [0.05, 0.1) is 23.7 Å². The Balaban J connectivity index is 1.53. The highest BCUT2D eigenvalue weighted by Crippen LogP contribution is 2.22. The van der Waals surface area contributed by atoms with Crippen LogP contribution in [0.5, 0.6) is 5.75 Å². The van der Waals surface area contributed by atoms with Crippen LogP contribution in [0.1, 0.15) is 36.5 Å². The summed E-state index contributed by atoms with van der Waals surface area (Å²) in [6, 6.07) is 17.9. The van der Waals surface area contributed by atoms with E-state index in [1.54, 1.807) is 71.3 Å². The number of carbonyl (C=O) groups is 2. The molecule has 0 radical (unpaired) electrons. The summed E-state index contributed by atoms with van der Waals surface area (Å²) in [5.41, 5.74) is 1.19. The number of likely N-dealkylation sites (tertiary alicyclic amines) is 1. The third-order valence-electron chi connectivity index (χ3n) is 7.34. The van der Waals surface area contributed by atoms with Gasteiger partial charge in [-0.05, 0) is 75.3 Å². The fraction of sp³-hybridized carbons (Fsp3) is 0.290. The van der Waals surface area contributed by atoms with Crippen molar-refractivity contribution in [3.8, 4) is 11.4 Å². The number of para-hydroxylation sites is 2. The van der Waals surface area contributed by atoms with E-state index in [1.165, 1.54) is 20.5 Å². The lowest BCUT2D eigenvalue weighted by molar-refractivity contribution is 0.101. The van der Waals surface area contributed by atoms with E-state index in [9.17, 15) is 19.2 Å². The van der Waals surface area contributed by atoms with Crippen LogP contribution in [0.4, 0.5) is 16.2 Å². The summed E-state index contributed by atoms with van der Waals surface area (Å²) >= 11 is 0. The molecule has 0 saturated carbocycles. The zero-order valence-electron chi connectivity index (χ0n) is 23.2. The van der Waals surface area contributed by atoms with Crippen LogP contribution in [0, 0.1) is 0 Å². The van der Waals surface area contributed by atoms with Gasteiger partial charge in [0.2, 0.25) is 0 Å². The molecule has 0 bridgehead atoms. The van der Waals surface area contributed by atoms with Gasteiger partial charge < -0.3 is 20.3 Å². The molecule has 41 heavy (non-hydrogen) atoms. The summed E-state index contributed by atoms with van der Waals surface area (Å²) < 4.78 is 8.22. The van der Waals surface area contributed by atoms with Gasteiger partial charge in [-0.3, -0.25) is 14.2 Å². The van der Waals surface area contributed by atoms with Gasteiger partial charge in [0.1, 0.15) is 5.75 Å². The highest BCUT2D eigenvalue weighted by Gasteiger charge is 2.19. The Morgan fingerprint density at radius 3 is 2.32 bits per heavy atom. The topological polar surface area (TPSA) is 115 Å². The van der Waals surface area contributed by atoms with Crippen LogP contribution in [-0.4, -0.2) is 52.6 Å². The third kappa shape index (κ3) is 6.07. The molecule has 0 atom stereocenters. The molecular weight excluding hydrogens is 522 g/mol. The number of ketones is 1. The first-order valence-corrected chi connectivity index (χ1v) is 13.7. The van der Waals surface area contributed by atoms with E-state index in [0.29, 0.717) is 47.0 Å². The molecule has 10 nitrogen and oxygen atoms in total. The molecule has 0 spiro atoms. The number of fused-ring (bicyclic) bond motifs is 1. The molecule has 0 aliphatic carbocycles. The van der Waals surface area contributed by atoms with E-state index in [1.807, 2.05) is 0 Å². The molecule has 2 amide bonds. The lowest BCUT2D eigenvalue weighted by Gasteiger charge is -2.27. The second-order valence-electron chi connectivity index (χ2n) is 10.1. The van der Waals surface area contributed by atoms with E-state index < -0.39 is 17.3 Å². The van der Waals surface area contributed by atoms with Crippen LogP contribution in [-0.2, 0) is 6.54 Å². The van der Waals surface area contributed by atoms with Crippen molar-refractivity contribution in [1.29, 1.82) is 0 Å². The molecule has 5 rings (SSSR count). The van der Waals surface area contributed by atoms with Gasteiger partial charge in [-0.25, -0.2) is 14.2 Å². The lowest BCUT2D eigenvalue weighted by Crippen LogP contribution is -2.41. The number of hydrogen-bond acceptors (Lipinski definition) is 6. The summed E-state index contributed by atoms with van der Waals surface area (Å²) in [4.78, 5) is 54.5. The monoisotopic (exact) mass is 555 g/mol. The van der Waals surface area contributed by atoms with Crippen molar-refractivity contribution in [1.82, 2.24) is 14.0 Å². The van der Waals surface area contributed by atoms with E-state index in [0.717, 1.165) is 30.5 Å². The molecule has 10 heteroatoms. The summed E-state index contributed by atoms with van der Waals surface area (Å²) in [5, 5.41) is 5.75. The SMILES string of the molecule is COc1ccccc1-n1c(=O)c2cc(NC(=O)Nc3cccc(C(C)=O)c3)ccc2n(CCN2CCCCC2)c1=O. The standard InChI is InChI=1S/C31H33N5O5/c1-21(37)22-9-8-10-23(19-22)32-30(39)33-24-13-14-26-25(20-24)29(38)36(27-11-4-5-12-28(27)41-2)31(40)35(26)18-17-34-15-6-3-7-16-34/h4-5,8-14,19-20H,3,6-7,15-18H2,1-2H3,(H2,32,33,39).